The van der Waals surface area contributed by atoms with Crippen LogP contribution in [0.15, 0.2) is 66.1 Å². The summed E-state index contributed by atoms with van der Waals surface area (Å²) in [5, 5.41) is 13.9. The van der Waals surface area contributed by atoms with Gasteiger partial charge < -0.3 is 20.2 Å². The number of piperidine rings is 3. The van der Waals surface area contributed by atoms with Crippen molar-refractivity contribution in [1.29, 1.82) is 0 Å². The molecule has 1 unspecified atom stereocenters. The van der Waals surface area contributed by atoms with Gasteiger partial charge in [-0.3, -0.25) is 4.79 Å². The maximum atomic E-state index is 13.7. The Bertz CT molecular complexity index is 1720. The molecule has 3 aromatic heterocycles. The summed E-state index contributed by atoms with van der Waals surface area (Å²) >= 11 is 0. The Balaban J connectivity index is 1.32. The van der Waals surface area contributed by atoms with Crippen LogP contribution >= 0.6 is 0 Å². The van der Waals surface area contributed by atoms with Crippen LogP contribution in [-0.4, -0.2) is 72.7 Å². The Hall–Kier alpha value is -4.23. The van der Waals surface area contributed by atoms with Gasteiger partial charge in [0.2, 0.25) is 5.95 Å². The molecule has 0 amide bonds. The molecule has 0 aliphatic carbocycles. The highest BCUT2D eigenvalue weighted by atomic mass is 19.4. The first kappa shape index (κ1) is 29.8. The van der Waals surface area contributed by atoms with Gasteiger partial charge in [0.15, 0.2) is 11.5 Å². The van der Waals surface area contributed by atoms with Crippen LogP contribution in [0.4, 0.5) is 30.5 Å². The summed E-state index contributed by atoms with van der Waals surface area (Å²) in [5.74, 6) is 0.813. The molecule has 0 radical (unpaired) electrons. The van der Waals surface area contributed by atoms with E-state index in [1.54, 1.807) is 67.1 Å². The third kappa shape index (κ3) is 5.93. The molecular formula is C31H35F3N8O2. The number of aromatic nitrogens is 5. The van der Waals surface area contributed by atoms with Crippen LogP contribution in [0.25, 0.3) is 16.9 Å². The highest BCUT2D eigenvalue weighted by Crippen LogP contribution is 2.36. The van der Waals surface area contributed by atoms with E-state index in [1.165, 1.54) is 15.8 Å². The van der Waals surface area contributed by atoms with E-state index >= 15 is 0 Å². The number of rotatable bonds is 9. The maximum absolute atomic E-state index is 13.7. The Morgan fingerprint density at radius 3 is 2.45 bits per heavy atom. The number of benzene rings is 1. The van der Waals surface area contributed by atoms with E-state index in [1.807, 2.05) is 0 Å². The minimum absolute atomic E-state index is 0.182. The number of pyridine rings is 1. The van der Waals surface area contributed by atoms with Crippen LogP contribution in [-0.2, 0) is 12.1 Å². The smallest absolute Gasteiger partial charge is 0.384 e. The number of aliphatic hydroxyl groups is 1. The quantitative estimate of drug-likeness (QED) is 0.266. The molecule has 3 aliphatic heterocycles. The molecule has 13 heteroatoms. The Morgan fingerprint density at radius 1 is 1.11 bits per heavy atom. The number of nitrogens with zero attached hydrogens (tertiary/aromatic N) is 7. The summed E-state index contributed by atoms with van der Waals surface area (Å²) in [6.07, 6.45) is 0.509. The highest BCUT2D eigenvalue weighted by molar-refractivity contribution is 5.77. The van der Waals surface area contributed by atoms with Crippen LogP contribution in [0.1, 0.15) is 32.4 Å². The maximum Gasteiger partial charge on any atom is 0.405 e. The first-order valence-corrected chi connectivity index (χ1v) is 14.6. The van der Waals surface area contributed by atoms with Crippen molar-refractivity contribution in [2.24, 2.45) is 5.92 Å². The number of nitrogens with one attached hydrogen (secondary N) is 1. The van der Waals surface area contributed by atoms with Gasteiger partial charge in [-0.25, -0.2) is 19.3 Å². The fourth-order valence-corrected chi connectivity index (χ4v) is 6.24. The zero-order valence-corrected chi connectivity index (χ0v) is 24.6. The van der Waals surface area contributed by atoms with Crippen LogP contribution in [0.3, 0.4) is 0 Å². The SMILES string of the molecule is C=CCn1c(=O)c2cnc(Nc3ccc(N(CC(F)(F)F)C4CN5CCC4CC5)cc3)nc2n1-c1cccc(C(C)(C)O)n1. The molecule has 0 saturated carbocycles. The summed E-state index contributed by atoms with van der Waals surface area (Å²) in [7, 11) is 0. The molecule has 232 valence electrons. The molecule has 6 heterocycles. The number of anilines is 3. The second kappa shape index (κ2) is 11.4. The monoisotopic (exact) mass is 608 g/mol. The van der Waals surface area contributed by atoms with E-state index in [2.05, 4.69) is 31.7 Å². The topological polar surface area (TPSA) is 104 Å². The number of allylic oxidation sites excluding steroid dienone is 1. The van der Waals surface area contributed by atoms with Crippen LogP contribution in [0, 0.1) is 5.92 Å². The molecule has 1 aromatic carbocycles. The number of hydrogen-bond donors (Lipinski definition) is 2. The zero-order chi connectivity index (χ0) is 31.2. The van der Waals surface area contributed by atoms with Crippen molar-refractivity contribution < 1.29 is 18.3 Å². The third-order valence-electron chi connectivity index (χ3n) is 8.38. The number of hydrogen-bond acceptors (Lipinski definition) is 8. The standard InChI is InChI=1S/C31H35F3N8O2/c1-4-14-41-28(43)23-17-35-29(38-27(23)42(41)26-7-5-6-25(37-26)30(2,3)44)36-21-8-10-22(11-9-21)40(19-31(32,33)34)24-18-39-15-12-20(24)13-16-39/h4-11,17,20,24,44H,1,12-16,18-19H2,2-3H3,(H,35,36,38). The normalized spacial score (nSPS) is 20.2. The summed E-state index contributed by atoms with van der Waals surface area (Å²) < 4.78 is 44.0. The molecule has 2 N–H and O–H groups in total. The second-order valence-corrected chi connectivity index (χ2v) is 12.0. The van der Waals surface area contributed by atoms with Gasteiger partial charge in [-0.15, -0.1) is 6.58 Å². The van der Waals surface area contributed by atoms with Gasteiger partial charge in [-0.2, -0.15) is 18.2 Å². The predicted octanol–water partition coefficient (Wildman–Crippen LogP) is 4.60. The molecule has 3 aliphatic rings. The first-order valence-electron chi connectivity index (χ1n) is 14.6. The van der Waals surface area contributed by atoms with Gasteiger partial charge in [-0.1, -0.05) is 12.1 Å². The van der Waals surface area contributed by atoms with E-state index in [0.29, 0.717) is 35.1 Å². The van der Waals surface area contributed by atoms with E-state index in [0.717, 1.165) is 25.9 Å². The van der Waals surface area contributed by atoms with Crippen molar-refractivity contribution >= 4 is 28.4 Å². The number of alkyl halides is 3. The molecule has 3 fully saturated rings. The van der Waals surface area contributed by atoms with E-state index in [9.17, 15) is 23.1 Å². The van der Waals surface area contributed by atoms with Gasteiger partial charge in [0, 0.05) is 30.2 Å². The molecule has 2 bridgehead atoms. The average molecular weight is 609 g/mol. The zero-order valence-electron chi connectivity index (χ0n) is 24.6. The van der Waals surface area contributed by atoms with Crippen LogP contribution in [0.2, 0.25) is 0 Å². The molecule has 1 atom stereocenters. The van der Waals surface area contributed by atoms with Crippen molar-refractivity contribution in [3.05, 3.63) is 77.4 Å². The minimum atomic E-state index is -4.33. The molecule has 0 spiro atoms. The average Bonchev–Trinajstić information content (AvgIpc) is 3.26. The third-order valence-corrected chi connectivity index (χ3v) is 8.38. The van der Waals surface area contributed by atoms with Crippen molar-refractivity contribution in [2.45, 2.75) is 51.1 Å². The van der Waals surface area contributed by atoms with Crippen molar-refractivity contribution in [2.75, 3.05) is 36.4 Å². The van der Waals surface area contributed by atoms with Gasteiger partial charge >= 0.3 is 6.18 Å². The largest absolute Gasteiger partial charge is 0.405 e. The minimum Gasteiger partial charge on any atom is -0.384 e. The molecule has 4 aromatic rings. The van der Waals surface area contributed by atoms with Gasteiger partial charge in [-0.05, 0) is 82.1 Å². The summed E-state index contributed by atoms with van der Waals surface area (Å²) in [4.78, 5) is 30.6. The Labute approximate surface area is 252 Å². The lowest BCUT2D eigenvalue weighted by Gasteiger charge is -2.50. The lowest BCUT2D eigenvalue weighted by atomic mass is 9.83. The van der Waals surface area contributed by atoms with E-state index in [-0.39, 0.29) is 35.4 Å². The van der Waals surface area contributed by atoms with E-state index < -0.39 is 18.3 Å². The number of fused-ring (bicyclic) bond motifs is 4. The number of halogens is 3. The lowest BCUT2D eigenvalue weighted by Crippen LogP contribution is -2.59. The Kier molecular flexibility index (Phi) is 7.70. The fourth-order valence-electron chi connectivity index (χ4n) is 6.24. The summed E-state index contributed by atoms with van der Waals surface area (Å²) in [5.41, 5.74) is 0.264. The molecule has 44 heavy (non-hydrogen) atoms. The molecule has 10 nitrogen and oxygen atoms in total. The summed E-state index contributed by atoms with van der Waals surface area (Å²) in [6, 6.07) is 11.7. The van der Waals surface area contributed by atoms with Crippen molar-refractivity contribution in [3.8, 4) is 5.82 Å². The van der Waals surface area contributed by atoms with Gasteiger partial charge in [0.25, 0.3) is 5.56 Å². The van der Waals surface area contributed by atoms with Crippen LogP contribution < -0.4 is 15.8 Å². The fraction of sp³-hybridized carbons (Fsp3) is 0.419. The summed E-state index contributed by atoms with van der Waals surface area (Å²) in [6.45, 7) is 8.71. The first-order chi connectivity index (χ1) is 20.9. The molecule has 3 saturated heterocycles. The predicted molar refractivity (Wildman–Crippen MR) is 162 cm³/mol. The molecular weight excluding hydrogens is 573 g/mol. The Morgan fingerprint density at radius 2 is 1.84 bits per heavy atom. The molecule has 7 rings (SSSR count). The second-order valence-electron chi connectivity index (χ2n) is 12.0. The van der Waals surface area contributed by atoms with Gasteiger partial charge in [0.1, 0.15) is 17.5 Å². The van der Waals surface area contributed by atoms with Crippen molar-refractivity contribution in [1.82, 2.24) is 29.2 Å². The van der Waals surface area contributed by atoms with Gasteiger partial charge in [0.05, 0.1) is 12.2 Å². The highest BCUT2D eigenvalue weighted by Gasteiger charge is 2.41. The lowest BCUT2D eigenvalue weighted by molar-refractivity contribution is -0.122. The van der Waals surface area contributed by atoms with E-state index in [4.69, 9.17) is 0 Å². The van der Waals surface area contributed by atoms with Crippen LogP contribution in [0.5, 0.6) is 0 Å². The van der Waals surface area contributed by atoms with Crippen molar-refractivity contribution in [3.63, 3.8) is 0 Å².